The highest BCUT2D eigenvalue weighted by Gasteiger charge is 2.15. The Bertz CT molecular complexity index is 531. The first-order chi connectivity index (χ1) is 9.74. The minimum Gasteiger partial charge on any atom is -0.467 e. The Balaban J connectivity index is 1.93. The van der Waals surface area contributed by atoms with Crippen molar-refractivity contribution in [1.29, 1.82) is 0 Å². The molecule has 1 aromatic heterocycles. The van der Waals surface area contributed by atoms with E-state index in [2.05, 4.69) is 12.2 Å². The molecule has 0 radical (unpaired) electrons. The molecule has 0 fully saturated rings. The molecule has 2 rings (SSSR count). The first-order valence-corrected chi connectivity index (χ1v) is 6.68. The number of carbonyl (C=O) groups excluding carboxylic acids is 1. The van der Waals surface area contributed by atoms with Crippen molar-refractivity contribution in [2.45, 2.75) is 19.4 Å². The van der Waals surface area contributed by atoms with Crippen molar-refractivity contribution >= 4 is 5.91 Å². The molecule has 1 atom stereocenters. The number of benzene rings is 1. The fourth-order valence-electron chi connectivity index (χ4n) is 1.95. The molecule has 0 bridgehead atoms. The molecule has 4 heteroatoms. The van der Waals surface area contributed by atoms with Crippen molar-refractivity contribution in [2.24, 2.45) is 0 Å². The summed E-state index contributed by atoms with van der Waals surface area (Å²) in [7, 11) is 1.59. The van der Waals surface area contributed by atoms with Crippen LogP contribution in [0.25, 0.3) is 0 Å². The zero-order valence-corrected chi connectivity index (χ0v) is 11.8. The van der Waals surface area contributed by atoms with E-state index >= 15 is 0 Å². The molecule has 1 aromatic carbocycles. The molecule has 1 heterocycles. The van der Waals surface area contributed by atoms with E-state index in [1.165, 1.54) is 5.56 Å². The van der Waals surface area contributed by atoms with Crippen LogP contribution in [0.15, 0.2) is 47.1 Å². The van der Waals surface area contributed by atoms with Gasteiger partial charge in [0.2, 0.25) is 0 Å². The van der Waals surface area contributed by atoms with Gasteiger partial charge in [-0.15, -0.1) is 0 Å². The average Bonchev–Trinajstić information content (AvgIpc) is 3.02. The number of carbonyl (C=O) groups is 1. The fraction of sp³-hybridized carbons (Fsp3) is 0.312. The van der Waals surface area contributed by atoms with Crippen molar-refractivity contribution in [3.05, 3.63) is 59.5 Å². The van der Waals surface area contributed by atoms with Gasteiger partial charge in [-0.25, -0.2) is 0 Å². The second kappa shape index (κ2) is 6.91. The number of hydrogen-bond donors (Lipinski definition) is 1. The summed E-state index contributed by atoms with van der Waals surface area (Å²) < 4.78 is 10.6. The Morgan fingerprint density at radius 1 is 1.30 bits per heavy atom. The predicted octanol–water partition coefficient (Wildman–Crippen LogP) is 2.96. The van der Waals surface area contributed by atoms with Crippen molar-refractivity contribution in [3.8, 4) is 0 Å². The van der Waals surface area contributed by atoms with Crippen molar-refractivity contribution < 1.29 is 13.9 Å². The number of methoxy groups -OCH3 is 1. The molecular weight excluding hydrogens is 254 g/mol. The van der Waals surface area contributed by atoms with E-state index in [9.17, 15) is 4.79 Å². The minimum absolute atomic E-state index is 0.110. The van der Waals surface area contributed by atoms with Crippen LogP contribution in [0.4, 0.5) is 0 Å². The van der Waals surface area contributed by atoms with Gasteiger partial charge in [-0.3, -0.25) is 4.79 Å². The predicted molar refractivity (Wildman–Crippen MR) is 76.6 cm³/mol. The van der Waals surface area contributed by atoms with Gasteiger partial charge in [-0.05, 0) is 36.2 Å². The second-order valence-corrected chi connectivity index (χ2v) is 4.50. The molecule has 1 unspecified atom stereocenters. The maximum atomic E-state index is 12.0. The highest BCUT2D eigenvalue weighted by atomic mass is 16.5. The largest absolute Gasteiger partial charge is 0.467 e. The van der Waals surface area contributed by atoms with Gasteiger partial charge in [0.05, 0.1) is 12.8 Å². The lowest BCUT2D eigenvalue weighted by Gasteiger charge is -2.13. The lowest BCUT2D eigenvalue weighted by molar-refractivity contribution is 0.0738. The summed E-state index contributed by atoms with van der Waals surface area (Å²) in [5, 5.41) is 2.85. The Morgan fingerprint density at radius 2 is 2.05 bits per heavy atom. The molecule has 20 heavy (non-hydrogen) atoms. The van der Waals surface area contributed by atoms with E-state index in [1.807, 2.05) is 30.3 Å². The molecule has 1 amide bonds. The molecule has 0 aliphatic rings. The molecule has 0 aliphatic heterocycles. The third-order valence-corrected chi connectivity index (χ3v) is 3.22. The molecule has 1 N–H and O–H groups in total. The Hall–Kier alpha value is -2.07. The minimum atomic E-state index is -0.274. The Labute approximate surface area is 118 Å². The van der Waals surface area contributed by atoms with Gasteiger partial charge in [-0.1, -0.05) is 19.1 Å². The van der Waals surface area contributed by atoms with Crippen LogP contribution in [0.2, 0.25) is 0 Å². The summed E-state index contributed by atoms with van der Waals surface area (Å²) in [4.78, 5) is 12.0. The van der Waals surface area contributed by atoms with Crippen LogP contribution in [0.5, 0.6) is 0 Å². The highest BCUT2D eigenvalue weighted by Crippen LogP contribution is 2.16. The van der Waals surface area contributed by atoms with Gasteiger partial charge in [0, 0.05) is 12.7 Å². The maximum Gasteiger partial charge on any atom is 0.251 e. The molecule has 2 aromatic rings. The summed E-state index contributed by atoms with van der Waals surface area (Å²) in [6.45, 7) is 2.46. The average molecular weight is 273 g/mol. The van der Waals surface area contributed by atoms with Gasteiger partial charge in [-0.2, -0.15) is 0 Å². The van der Waals surface area contributed by atoms with Gasteiger partial charge in [0.1, 0.15) is 11.9 Å². The standard InChI is InChI=1S/C16H19NO3/c1-3-12-6-8-13(9-7-12)16(18)17-11-15(19-2)14-5-4-10-20-14/h4-10,15H,3,11H2,1-2H3,(H,17,18). The quantitative estimate of drug-likeness (QED) is 0.880. The van der Waals surface area contributed by atoms with Crippen molar-refractivity contribution in [2.75, 3.05) is 13.7 Å². The second-order valence-electron chi connectivity index (χ2n) is 4.50. The van der Waals surface area contributed by atoms with Crippen LogP contribution < -0.4 is 5.32 Å². The molecular formula is C16H19NO3. The fourth-order valence-corrected chi connectivity index (χ4v) is 1.95. The van der Waals surface area contributed by atoms with Crippen LogP contribution >= 0.6 is 0 Å². The zero-order valence-electron chi connectivity index (χ0n) is 11.8. The molecule has 106 valence electrons. The summed E-state index contributed by atoms with van der Waals surface area (Å²) in [6.07, 6.45) is 2.28. The van der Waals surface area contributed by atoms with Crippen LogP contribution in [0.1, 0.15) is 34.7 Å². The first kappa shape index (κ1) is 14.3. The maximum absolute atomic E-state index is 12.0. The Morgan fingerprint density at radius 3 is 2.60 bits per heavy atom. The van der Waals surface area contributed by atoms with E-state index in [1.54, 1.807) is 19.4 Å². The SMILES string of the molecule is CCc1ccc(C(=O)NCC(OC)c2ccco2)cc1. The number of ether oxygens (including phenoxy) is 1. The van der Waals surface area contributed by atoms with Gasteiger partial charge < -0.3 is 14.5 Å². The molecule has 4 nitrogen and oxygen atoms in total. The number of rotatable bonds is 6. The molecule has 0 spiro atoms. The summed E-state index contributed by atoms with van der Waals surface area (Å²) in [6, 6.07) is 11.2. The summed E-state index contributed by atoms with van der Waals surface area (Å²) in [5.74, 6) is 0.593. The number of amides is 1. The normalized spacial score (nSPS) is 12.1. The van der Waals surface area contributed by atoms with Gasteiger partial charge >= 0.3 is 0 Å². The van der Waals surface area contributed by atoms with Crippen LogP contribution in [0, 0.1) is 0 Å². The first-order valence-electron chi connectivity index (χ1n) is 6.68. The lowest BCUT2D eigenvalue weighted by Crippen LogP contribution is -2.29. The topological polar surface area (TPSA) is 51.5 Å². The van der Waals surface area contributed by atoms with Crippen molar-refractivity contribution in [1.82, 2.24) is 5.32 Å². The lowest BCUT2D eigenvalue weighted by atomic mass is 10.1. The third kappa shape index (κ3) is 3.48. The van der Waals surface area contributed by atoms with Crippen molar-refractivity contribution in [3.63, 3.8) is 0 Å². The number of aryl methyl sites for hydroxylation is 1. The number of nitrogens with one attached hydrogen (secondary N) is 1. The monoisotopic (exact) mass is 273 g/mol. The smallest absolute Gasteiger partial charge is 0.251 e. The van der Waals surface area contributed by atoms with E-state index in [0.29, 0.717) is 17.9 Å². The Kier molecular flexibility index (Phi) is 4.96. The molecule has 0 saturated carbocycles. The van der Waals surface area contributed by atoms with E-state index in [0.717, 1.165) is 6.42 Å². The molecule has 0 saturated heterocycles. The third-order valence-electron chi connectivity index (χ3n) is 3.22. The van der Waals surface area contributed by atoms with E-state index < -0.39 is 0 Å². The van der Waals surface area contributed by atoms with Crippen LogP contribution in [-0.4, -0.2) is 19.6 Å². The van der Waals surface area contributed by atoms with Gasteiger partial charge in [0.15, 0.2) is 0 Å². The zero-order chi connectivity index (χ0) is 14.4. The number of hydrogen-bond acceptors (Lipinski definition) is 3. The van der Waals surface area contributed by atoms with Crippen LogP contribution in [-0.2, 0) is 11.2 Å². The van der Waals surface area contributed by atoms with E-state index in [-0.39, 0.29) is 12.0 Å². The van der Waals surface area contributed by atoms with Gasteiger partial charge in [0.25, 0.3) is 5.91 Å². The molecule has 0 aliphatic carbocycles. The number of furan rings is 1. The highest BCUT2D eigenvalue weighted by molar-refractivity contribution is 5.94. The van der Waals surface area contributed by atoms with Crippen LogP contribution in [0.3, 0.4) is 0 Å². The van der Waals surface area contributed by atoms with E-state index in [4.69, 9.17) is 9.15 Å². The summed E-state index contributed by atoms with van der Waals surface area (Å²) >= 11 is 0. The summed E-state index contributed by atoms with van der Waals surface area (Å²) in [5.41, 5.74) is 1.86.